The van der Waals surface area contributed by atoms with Crippen molar-refractivity contribution in [2.75, 3.05) is 5.32 Å². The van der Waals surface area contributed by atoms with Gasteiger partial charge < -0.3 is 14.8 Å². The summed E-state index contributed by atoms with van der Waals surface area (Å²) in [4.78, 5) is 12.0. The van der Waals surface area contributed by atoms with Crippen molar-refractivity contribution in [3.05, 3.63) is 52.4 Å². The van der Waals surface area contributed by atoms with Crippen LogP contribution in [0.15, 0.2) is 45.7 Å². The fraction of sp³-hybridized carbons (Fsp3) is 0.154. The summed E-state index contributed by atoms with van der Waals surface area (Å²) in [5.74, 6) is -0.288. The predicted molar refractivity (Wildman–Crippen MR) is 71.4 cm³/mol. The first kappa shape index (κ1) is 12.9. The molecule has 4 nitrogen and oxygen atoms in total. The summed E-state index contributed by atoms with van der Waals surface area (Å²) < 4.78 is 5.39. The topological polar surface area (TPSA) is 62.5 Å². The van der Waals surface area contributed by atoms with Gasteiger partial charge in [0, 0.05) is 11.3 Å². The average molecular weight is 310 g/mol. The number of carbonyl (C=O) groups is 1. The van der Waals surface area contributed by atoms with Gasteiger partial charge in [0.2, 0.25) is 0 Å². The van der Waals surface area contributed by atoms with Crippen molar-refractivity contribution in [1.82, 2.24) is 0 Å². The van der Waals surface area contributed by atoms with Crippen LogP contribution in [-0.2, 0) is 0 Å². The first-order valence-electron chi connectivity index (χ1n) is 5.41. The number of para-hydroxylation sites is 1. The van der Waals surface area contributed by atoms with E-state index in [1.807, 2.05) is 6.07 Å². The number of nitrogens with one attached hydrogen (secondary N) is 1. The van der Waals surface area contributed by atoms with E-state index in [9.17, 15) is 9.90 Å². The fourth-order valence-electron chi connectivity index (χ4n) is 1.62. The van der Waals surface area contributed by atoms with E-state index in [4.69, 9.17) is 4.42 Å². The zero-order valence-electron chi connectivity index (χ0n) is 9.68. The molecule has 1 amide bonds. The van der Waals surface area contributed by atoms with Gasteiger partial charge in [-0.2, -0.15) is 0 Å². The molecule has 0 fully saturated rings. The number of carbonyl (C=O) groups excluding carboxylic acids is 1. The highest BCUT2D eigenvalue weighted by Crippen LogP contribution is 2.24. The smallest absolute Gasteiger partial charge is 0.260 e. The zero-order chi connectivity index (χ0) is 13.1. The molecule has 94 valence electrons. The Balaban J connectivity index is 2.25. The van der Waals surface area contributed by atoms with E-state index in [1.54, 1.807) is 31.2 Å². The summed E-state index contributed by atoms with van der Waals surface area (Å²) in [5.41, 5.74) is 1.67. The molecule has 1 aromatic heterocycles. The quantitative estimate of drug-likeness (QED) is 0.914. The lowest BCUT2D eigenvalue weighted by Crippen LogP contribution is -2.13. The molecule has 2 rings (SSSR count). The van der Waals surface area contributed by atoms with Crippen molar-refractivity contribution in [2.45, 2.75) is 13.0 Å². The largest absolute Gasteiger partial charge is 0.457 e. The van der Waals surface area contributed by atoms with E-state index in [0.29, 0.717) is 21.5 Å². The molecule has 1 aromatic carbocycles. The number of amides is 1. The van der Waals surface area contributed by atoms with Crippen molar-refractivity contribution in [2.24, 2.45) is 0 Å². The minimum atomic E-state index is -0.644. The van der Waals surface area contributed by atoms with Crippen molar-refractivity contribution < 1.29 is 14.3 Å². The van der Waals surface area contributed by atoms with Crippen molar-refractivity contribution in [3.63, 3.8) is 0 Å². The maximum Gasteiger partial charge on any atom is 0.260 e. The summed E-state index contributed by atoms with van der Waals surface area (Å²) in [6, 6.07) is 8.69. The fourth-order valence-corrected chi connectivity index (χ4v) is 2.04. The van der Waals surface area contributed by atoms with Gasteiger partial charge in [0.25, 0.3) is 5.91 Å². The van der Waals surface area contributed by atoms with E-state index >= 15 is 0 Å². The Bertz CT molecular complexity index is 563. The van der Waals surface area contributed by atoms with Gasteiger partial charge >= 0.3 is 0 Å². The molecule has 0 aliphatic carbocycles. The summed E-state index contributed by atoms with van der Waals surface area (Å²) in [7, 11) is 0. The Morgan fingerprint density at radius 2 is 2.11 bits per heavy atom. The molecule has 0 aliphatic heterocycles. The second-order valence-electron chi connectivity index (χ2n) is 3.83. The molecule has 0 spiro atoms. The van der Waals surface area contributed by atoms with Crippen LogP contribution in [0.1, 0.15) is 28.9 Å². The van der Waals surface area contributed by atoms with Crippen LogP contribution in [0.2, 0.25) is 0 Å². The molecule has 0 bridgehead atoms. The Kier molecular flexibility index (Phi) is 3.84. The molecule has 1 heterocycles. The number of hydrogen-bond donors (Lipinski definition) is 2. The minimum Gasteiger partial charge on any atom is -0.457 e. The zero-order valence-corrected chi connectivity index (χ0v) is 11.3. The Morgan fingerprint density at radius 3 is 2.72 bits per heavy atom. The van der Waals surface area contributed by atoms with E-state index in [2.05, 4.69) is 21.2 Å². The standard InChI is InChI=1S/C13H12BrNO3/c1-8(16)9-4-2-3-5-11(9)15-13(17)10-6-7-18-12(10)14/h2-8,16H,1H3,(H,15,17). The lowest BCUT2D eigenvalue weighted by molar-refractivity contribution is 0.102. The number of rotatable bonds is 3. The number of aliphatic hydroxyl groups is 1. The van der Waals surface area contributed by atoms with E-state index in [-0.39, 0.29) is 5.91 Å². The van der Waals surface area contributed by atoms with Crippen LogP contribution >= 0.6 is 15.9 Å². The van der Waals surface area contributed by atoms with Crippen LogP contribution in [0.25, 0.3) is 0 Å². The van der Waals surface area contributed by atoms with Gasteiger partial charge in [0.1, 0.15) is 0 Å². The molecule has 0 aliphatic rings. The van der Waals surface area contributed by atoms with Crippen LogP contribution in [0.4, 0.5) is 5.69 Å². The lowest BCUT2D eigenvalue weighted by Gasteiger charge is -2.12. The maximum absolute atomic E-state index is 12.0. The van der Waals surface area contributed by atoms with Gasteiger partial charge in [0.05, 0.1) is 17.9 Å². The minimum absolute atomic E-state index is 0.288. The van der Waals surface area contributed by atoms with Crippen LogP contribution < -0.4 is 5.32 Å². The number of aliphatic hydroxyl groups excluding tert-OH is 1. The highest BCUT2D eigenvalue weighted by Gasteiger charge is 2.15. The third kappa shape index (κ3) is 2.63. The SMILES string of the molecule is CC(O)c1ccccc1NC(=O)c1ccoc1Br. The van der Waals surface area contributed by atoms with E-state index in [0.717, 1.165) is 0 Å². The second kappa shape index (κ2) is 5.37. The summed E-state index contributed by atoms with van der Waals surface area (Å²) in [6.45, 7) is 1.65. The average Bonchev–Trinajstić information content (AvgIpc) is 2.76. The predicted octanol–water partition coefficient (Wildman–Crippen LogP) is 3.35. The van der Waals surface area contributed by atoms with E-state index in [1.165, 1.54) is 6.26 Å². The van der Waals surface area contributed by atoms with Gasteiger partial charge in [-0.25, -0.2) is 0 Å². The third-order valence-electron chi connectivity index (χ3n) is 2.52. The number of benzene rings is 1. The second-order valence-corrected chi connectivity index (χ2v) is 4.55. The van der Waals surface area contributed by atoms with Crippen molar-refractivity contribution >= 4 is 27.5 Å². The molecule has 0 radical (unpaired) electrons. The Hall–Kier alpha value is -1.59. The summed E-state index contributed by atoms with van der Waals surface area (Å²) >= 11 is 3.15. The van der Waals surface area contributed by atoms with Crippen LogP contribution in [0, 0.1) is 0 Å². The molecule has 2 N–H and O–H groups in total. The van der Waals surface area contributed by atoms with Crippen LogP contribution in [-0.4, -0.2) is 11.0 Å². The van der Waals surface area contributed by atoms with Crippen LogP contribution in [0.5, 0.6) is 0 Å². The first-order chi connectivity index (χ1) is 8.59. The number of anilines is 1. The van der Waals surface area contributed by atoms with Gasteiger partial charge in [-0.3, -0.25) is 4.79 Å². The van der Waals surface area contributed by atoms with Gasteiger partial charge in [-0.05, 0) is 35.0 Å². The molecule has 1 unspecified atom stereocenters. The van der Waals surface area contributed by atoms with Gasteiger partial charge in [0.15, 0.2) is 4.67 Å². The monoisotopic (exact) mass is 309 g/mol. The first-order valence-corrected chi connectivity index (χ1v) is 6.20. The lowest BCUT2D eigenvalue weighted by atomic mass is 10.1. The number of halogens is 1. The number of hydrogen-bond acceptors (Lipinski definition) is 3. The van der Waals surface area contributed by atoms with Gasteiger partial charge in [-0.15, -0.1) is 0 Å². The molecule has 1 atom stereocenters. The molecule has 5 heteroatoms. The summed E-state index contributed by atoms with van der Waals surface area (Å²) in [6.07, 6.45) is 0.786. The molecular weight excluding hydrogens is 298 g/mol. The van der Waals surface area contributed by atoms with Crippen molar-refractivity contribution in [3.8, 4) is 0 Å². The summed E-state index contributed by atoms with van der Waals surface area (Å²) in [5, 5.41) is 12.4. The molecule has 0 saturated carbocycles. The molecule has 18 heavy (non-hydrogen) atoms. The highest BCUT2D eigenvalue weighted by molar-refractivity contribution is 9.10. The van der Waals surface area contributed by atoms with Gasteiger partial charge in [-0.1, -0.05) is 18.2 Å². The normalized spacial score (nSPS) is 12.2. The van der Waals surface area contributed by atoms with Crippen molar-refractivity contribution in [1.29, 1.82) is 0 Å². The Morgan fingerprint density at radius 1 is 1.39 bits per heavy atom. The molecule has 0 saturated heterocycles. The maximum atomic E-state index is 12.0. The molecular formula is C13H12BrNO3. The third-order valence-corrected chi connectivity index (χ3v) is 3.14. The molecule has 2 aromatic rings. The van der Waals surface area contributed by atoms with E-state index < -0.39 is 6.10 Å². The highest BCUT2D eigenvalue weighted by atomic mass is 79.9. The number of furan rings is 1. The Labute approximate surface area is 113 Å². The van der Waals surface area contributed by atoms with Crippen LogP contribution in [0.3, 0.4) is 0 Å².